The van der Waals surface area contributed by atoms with Gasteiger partial charge in [-0.3, -0.25) is 0 Å². The first-order valence-electron chi connectivity index (χ1n) is 9.39. The first kappa shape index (κ1) is 27.7. The van der Waals surface area contributed by atoms with Crippen LogP contribution in [0, 0.1) is 0 Å². The molecule has 0 aliphatic heterocycles. The number of rotatable bonds is 5. The van der Waals surface area contributed by atoms with Crippen LogP contribution in [0.1, 0.15) is 46.6 Å². The van der Waals surface area contributed by atoms with E-state index < -0.39 is 25.9 Å². The van der Waals surface area contributed by atoms with Crippen LogP contribution in [0.15, 0.2) is 39.4 Å². The molecule has 0 atom stereocenters. The average Bonchev–Trinajstić information content (AvgIpc) is 3.00. The molecule has 0 radical (unpaired) electrons. The van der Waals surface area contributed by atoms with E-state index in [-0.39, 0.29) is 30.2 Å². The van der Waals surface area contributed by atoms with Crippen LogP contribution in [0.5, 0.6) is 11.5 Å². The normalized spacial score (nSPS) is 13.6. The molecule has 0 saturated heterocycles. The number of benzene rings is 1. The molecule has 2 nitrogen and oxygen atoms in total. The predicted molar refractivity (Wildman–Crippen MR) is 127 cm³/mol. The summed E-state index contributed by atoms with van der Waals surface area (Å²) in [6, 6.07) is 6.37. The zero-order valence-electron chi connectivity index (χ0n) is 18.7. The number of halogens is 2. The van der Waals surface area contributed by atoms with E-state index in [2.05, 4.69) is 78.5 Å². The molecule has 0 bridgehead atoms. The Morgan fingerprint density at radius 1 is 1.00 bits per heavy atom. The van der Waals surface area contributed by atoms with Gasteiger partial charge in [0.05, 0.1) is 0 Å². The van der Waals surface area contributed by atoms with E-state index in [1.807, 2.05) is 6.07 Å². The van der Waals surface area contributed by atoms with Gasteiger partial charge in [0.25, 0.3) is 0 Å². The van der Waals surface area contributed by atoms with Crippen LogP contribution in [0.2, 0.25) is 19.6 Å². The van der Waals surface area contributed by atoms with Gasteiger partial charge in [-0.25, -0.2) is 0 Å². The molecule has 0 spiro atoms. The molecule has 1 aliphatic rings. The minimum atomic E-state index is -1.97. The molecular formula is C22H36Cl2O2SiTi. The molecule has 0 heterocycles. The van der Waals surface area contributed by atoms with Crippen molar-refractivity contribution >= 4 is 36.7 Å². The van der Waals surface area contributed by atoms with Gasteiger partial charge in [0.2, 0.25) is 0 Å². The summed E-state index contributed by atoms with van der Waals surface area (Å²) in [7, 11) is 0.374. The summed E-state index contributed by atoms with van der Waals surface area (Å²) in [5, 5.41) is 1.60. The van der Waals surface area contributed by atoms with Crippen LogP contribution in [0.25, 0.3) is 0 Å². The van der Waals surface area contributed by atoms with Gasteiger partial charge in [-0.15, -0.1) is 24.8 Å². The molecule has 158 valence electrons. The zero-order chi connectivity index (χ0) is 19.7. The molecule has 1 aromatic rings. The molecule has 0 aromatic heterocycles. The Morgan fingerprint density at radius 2 is 1.57 bits per heavy atom. The van der Waals surface area contributed by atoms with Crippen molar-refractivity contribution in [2.45, 2.75) is 66.1 Å². The maximum Gasteiger partial charge on any atom is -0.147 e. The summed E-state index contributed by atoms with van der Waals surface area (Å²) in [6.45, 7) is 18.5. The van der Waals surface area contributed by atoms with E-state index in [0.717, 1.165) is 17.9 Å². The van der Waals surface area contributed by atoms with E-state index in [9.17, 15) is 0 Å². The molecule has 1 aliphatic carbocycles. The molecule has 28 heavy (non-hydrogen) atoms. The Labute approximate surface area is 191 Å². The van der Waals surface area contributed by atoms with Crippen LogP contribution in [0.3, 0.4) is 0 Å². The summed E-state index contributed by atoms with van der Waals surface area (Å²) in [6.07, 6.45) is 5.76. The summed E-state index contributed by atoms with van der Waals surface area (Å²) in [4.78, 5) is 0. The Hall–Kier alpha value is -0.319. The fraction of sp³-hybridized carbons (Fsp3) is 0.500. The SMILES string of the molecule is COc1cc([O][Ti]([C]2=C([Si](C)(C)C)C=CC2)=[C](C)C)cc(C(C)(C)C)c1.Cl.Cl. The van der Waals surface area contributed by atoms with Crippen molar-refractivity contribution < 1.29 is 25.9 Å². The van der Waals surface area contributed by atoms with Crippen LogP contribution < -0.4 is 8.06 Å². The van der Waals surface area contributed by atoms with Crippen LogP contribution in [-0.2, 0) is 23.2 Å². The fourth-order valence-electron chi connectivity index (χ4n) is 3.19. The van der Waals surface area contributed by atoms with Gasteiger partial charge in [-0.05, 0) is 0 Å². The van der Waals surface area contributed by atoms with Gasteiger partial charge in [0.1, 0.15) is 0 Å². The molecule has 0 amide bonds. The first-order valence-corrected chi connectivity index (χ1v) is 15.1. The molecule has 0 saturated carbocycles. The summed E-state index contributed by atoms with van der Waals surface area (Å²) < 4.78 is 15.3. The van der Waals surface area contributed by atoms with E-state index in [1.165, 1.54) is 9.37 Å². The van der Waals surface area contributed by atoms with Crippen molar-refractivity contribution in [3.63, 3.8) is 0 Å². The minimum absolute atomic E-state index is 0. The molecule has 0 unspecified atom stereocenters. The Balaban J connectivity index is 0.00000364. The second-order valence-electron chi connectivity index (χ2n) is 9.33. The molecular weight excluding hydrogens is 443 g/mol. The van der Waals surface area contributed by atoms with Gasteiger partial charge >= 0.3 is 167 Å². The van der Waals surface area contributed by atoms with Crippen molar-refractivity contribution in [2.24, 2.45) is 0 Å². The van der Waals surface area contributed by atoms with Crippen LogP contribution in [-0.4, -0.2) is 19.0 Å². The van der Waals surface area contributed by atoms with Gasteiger partial charge in [0.15, 0.2) is 0 Å². The number of allylic oxidation sites excluding steroid dienone is 4. The third-order valence-corrected chi connectivity index (χ3v) is 10.8. The molecule has 1 aromatic carbocycles. The molecule has 0 N–H and O–H groups in total. The standard InChI is InChI=1S/C11H16O2.C8H13Si.C3H6.2ClH.Ti/c1-11(2,3)8-5-9(12)7-10(6-8)13-4;1-9(2,3)8-6-4-5-7-8;1-3-2;;;/h5-7,12H,1-4H3;4,6H,5H2,1-3H3;1-2H3;2*1H;/q;;;;;+1/p-1. The minimum Gasteiger partial charge on any atom is -0.147 e. The van der Waals surface area contributed by atoms with Gasteiger partial charge < -0.3 is 0 Å². The van der Waals surface area contributed by atoms with E-state index in [0.29, 0.717) is 0 Å². The average molecular weight is 479 g/mol. The molecule has 2 rings (SSSR count). The quantitative estimate of drug-likeness (QED) is 0.422. The van der Waals surface area contributed by atoms with Crippen molar-refractivity contribution in [2.75, 3.05) is 7.11 Å². The van der Waals surface area contributed by atoms with Gasteiger partial charge in [0, 0.05) is 0 Å². The number of methoxy groups -OCH3 is 1. The first-order chi connectivity index (χ1) is 11.9. The maximum atomic E-state index is 6.74. The van der Waals surface area contributed by atoms with Crippen LogP contribution in [0.4, 0.5) is 0 Å². The molecule has 6 heteroatoms. The second kappa shape index (κ2) is 10.6. The number of ether oxygens (including phenoxy) is 1. The second-order valence-corrected chi connectivity index (χ2v) is 18.2. The zero-order valence-corrected chi connectivity index (χ0v) is 22.9. The van der Waals surface area contributed by atoms with E-state index in [1.54, 1.807) is 16.2 Å². The summed E-state index contributed by atoms with van der Waals surface area (Å²) in [5.41, 5.74) is 1.32. The largest absolute Gasteiger partial charge is 0.147 e. The third kappa shape index (κ3) is 6.88. The smallest absolute Gasteiger partial charge is 0.147 e. The van der Waals surface area contributed by atoms with Crippen molar-refractivity contribution in [1.29, 1.82) is 0 Å². The maximum absolute atomic E-state index is 6.74. The Kier molecular flexibility index (Phi) is 10.5. The monoisotopic (exact) mass is 478 g/mol. The Bertz CT molecular complexity index is 781. The summed E-state index contributed by atoms with van der Waals surface area (Å²) >= 11 is -1.97. The van der Waals surface area contributed by atoms with E-state index >= 15 is 0 Å². The van der Waals surface area contributed by atoms with Crippen LogP contribution >= 0.6 is 24.8 Å². The number of hydrogen-bond acceptors (Lipinski definition) is 2. The van der Waals surface area contributed by atoms with E-state index in [4.69, 9.17) is 8.06 Å². The third-order valence-electron chi connectivity index (χ3n) is 4.67. The van der Waals surface area contributed by atoms with Gasteiger partial charge in [-0.2, -0.15) is 0 Å². The number of hydrogen-bond donors (Lipinski definition) is 0. The topological polar surface area (TPSA) is 18.5 Å². The van der Waals surface area contributed by atoms with Crippen molar-refractivity contribution in [3.05, 3.63) is 45.0 Å². The van der Waals surface area contributed by atoms with Crippen molar-refractivity contribution in [3.8, 4) is 11.5 Å². The fourth-order valence-corrected chi connectivity index (χ4v) is 10.0. The Morgan fingerprint density at radius 3 is 2.04 bits per heavy atom. The summed E-state index contributed by atoms with van der Waals surface area (Å²) in [5.74, 6) is 1.84. The van der Waals surface area contributed by atoms with Gasteiger partial charge in [-0.1, -0.05) is 0 Å². The van der Waals surface area contributed by atoms with Crippen molar-refractivity contribution in [1.82, 2.24) is 0 Å². The molecule has 0 fully saturated rings. The predicted octanol–water partition coefficient (Wildman–Crippen LogP) is 7.05.